The third-order valence-corrected chi connectivity index (χ3v) is 4.95. The van der Waals surface area contributed by atoms with E-state index in [1.54, 1.807) is 7.11 Å². The molecule has 0 fully saturated rings. The minimum atomic E-state index is 0.473. The molecule has 0 spiro atoms. The lowest BCUT2D eigenvalue weighted by atomic mass is 9.93. The smallest absolute Gasteiger partial charge is 0.119 e. The summed E-state index contributed by atoms with van der Waals surface area (Å²) in [6.45, 7) is 4.54. The number of benzene rings is 2. The fourth-order valence-corrected chi connectivity index (χ4v) is 3.40. The summed E-state index contributed by atoms with van der Waals surface area (Å²) < 4.78 is 5.35. The Hall–Kier alpha value is -2.00. The van der Waals surface area contributed by atoms with Crippen LogP contribution < -0.4 is 10.1 Å². The van der Waals surface area contributed by atoms with Gasteiger partial charge in [0.25, 0.3) is 0 Å². The Morgan fingerprint density at radius 3 is 2.65 bits per heavy atom. The van der Waals surface area contributed by atoms with Crippen molar-refractivity contribution in [1.29, 1.82) is 0 Å². The Bertz CT molecular complexity index is 651. The molecule has 3 nitrogen and oxygen atoms in total. The summed E-state index contributed by atoms with van der Waals surface area (Å²) in [5.41, 5.74) is 5.45. The number of anilines is 1. The SMILES string of the molecule is CNc1ccc(CCN2CCc3cc(OC)ccc3C2C)cc1. The highest BCUT2D eigenvalue weighted by atomic mass is 16.5. The van der Waals surface area contributed by atoms with E-state index >= 15 is 0 Å². The molecule has 2 aromatic carbocycles. The van der Waals surface area contributed by atoms with Gasteiger partial charge in [0.15, 0.2) is 0 Å². The summed E-state index contributed by atoms with van der Waals surface area (Å²) in [5, 5.41) is 3.17. The van der Waals surface area contributed by atoms with E-state index in [0.29, 0.717) is 6.04 Å². The van der Waals surface area contributed by atoms with E-state index in [9.17, 15) is 0 Å². The molecule has 2 aromatic rings. The Balaban J connectivity index is 1.65. The number of nitrogens with zero attached hydrogens (tertiary/aromatic N) is 1. The Kier molecular flexibility index (Phi) is 4.87. The van der Waals surface area contributed by atoms with Crippen LogP contribution in [0.5, 0.6) is 5.75 Å². The number of hydrogen-bond acceptors (Lipinski definition) is 3. The van der Waals surface area contributed by atoms with Crippen molar-refractivity contribution >= 4 is 5.69 Å². The summed E-state index contributed by atoms with van der Waals surface area (Å²) >= 11 is 0. The average molecular weight is 310 g/mol. The maximum absolute atomic E-state index is 5.35. The number of rotatable bonds is 5. The lowest BCUT2D eigenvalue weighted by molar-refractivity contribution is 0.201. The van der Waals surface area contributed by atoms with Crippen molar-refractivity contribution in [3.8, 4) is 5.75 Å². The van der Waals surface area contributed by atoms with Crippen molar-refractivity contribution in [1.82, 2.24) is 4.90 Å². The molecule has 3 rings (SSSR count). The maximum Gasteiger partial charge on any atom is 0.119 e. The first-order valence-corrected chi connectivity index (χ1v) is 8.39. The van der Waals surface area contributed by atoms with Crippen molar-refractivity contribution in [2.45, 2.75) is 25.8 Å². The number of ether oxygens (including phenoxy) is 1. The van der Waals surface area contributed by atoms with Crippen LogP contribution in [-0.4, -0.2) is 32.1 Å². The Morgan fingerprint density at radius 2 is 1.96 bits per heavy atom. The third kappa shape index (κ3) is 3.50. The number of methoxy groups -OCH3 is 1. The fourth-order valence-electron chi connectivity index (χ4n) is 3.40. The van der Waals surface area contributed by atoms with Crippen molar-refractivity contribution < 1.29 is 4.74 Å². The first-order chi connectivity index (χ1) is 11.2. The van der Waals surface area contributed by atoms with Crippen molar-refractivity contribution in [3.05, 3.63) is 59.2 Å². The second-order valence-corrected chi connectivity index (χ2v) is 6.22. The number of fused-ring (bicyclic) bond motifs is 1. The van der Waals surface area contributed by atoms with Crippen LogP contribution in [0.1, 0.15) is 29.7 Å². The molecule has 0 amide bonds. The third-order valence-electron chi connectivity index (χ3n) is 4.95. The summed E-state index contributed by atoms with van der Waals surface area (Å²) in [6.07, 6.45) is 2.20. The normalized spacial score (nSPS) is 17.6. The van der Waals surface area contributed by atoms with Crippen LogP contribution in [0.25, 0.3) is 0 Å². The summed E-state index contributed by atoms with van der Waals surface area (Å²) in [6, 6.07) is 15.7. The molecule has 0 aromatic heterocycles. The molecule has 0 saturated carbocycles. The van der Waals surface area contributed by atoms with E-state index in [1.165, 1.54) is 22.4 Å². The Labute approximate surface area is 139 Å². The summed E-state index contributed by atoms with van der Waals surface area (Å²) in [7, 11) is 3.69. The molecule has 1 N–H and O–H groups in total. The minimum absolute atomic E-state index is 0.473. The van der Waals surface area contributed by atoms with Crippen molar-refractivity contribution in [3.63, 3.8) is 0 Å². The molecule has 23 heavy (non-hydrogen) atoms. The second kappa shape index (κ2) is 7.05. The molecule has 1 heterocycles. The van der Waals surface area contributed by atoms with Crippen LogP contribution in [-0.2, 0) is 12.8 Å². The first-order valence-electron chi connectivity index (χ1n) is 8.39. The van der Waals surface area contributed by atoms with E-state index in [0.717, 1.165) is 31.7 Å². The topological polar surface area (TPSA) is 24.5 Å². The van der Waals surface area contributed by atoms with Gasteiger partial charge in [-0.1, -0.05) is 18.2 Å². The van der Waals surface area contributed by atoms with Gasteiger partial charge in [0.05, 0.1) is 7.11 Å². The van der Waals surface area contributed by atoms with Gasteiger partial charge in [0.2, 0.25) is 0 Å². The van der Waals surface area contributed by atoms with E-state index in [1.807, 2.05) is 7.05 Å². The van der Waals surface area contributed by atoms with Gasteiger partial charge in [-0.3, -0.25) is 4.90 Å². The van der Waals surface area contributed by atoms with Gasteiger partial charge in [-0.05, 0) is 60.7 Å². The highest BCUT2D eigenvalue weighted by molar-refractivity contribution is 5.44. The van der Waals surface area contributed by atoms with Crippen LogP contribution in [0, 0.1) is 0 Å². The van der Waals surface area contributed by atoms with Gasteiger partial charge in [0.1, 0.15) is 5.75 Å². The van der Waals surface area contributed by atoms with Crippen LogP contribution >= 0.6 is 0 Å². The quantitative estimate of drug-likeness (QED) is 0.906. The lowest BCUT2D eigenvalue weighted by Gasteiger charge is -2.35. The van der Waals surface area contributed by atoms with Gasteiger partial charge in [-0.15, -0.1) is 0 Å². The molecule has 3 heteroatoms. The van der Waals surface area contributed by atoms with E-state index in [-0.39, 0.29) is 0 Å². The molecule has 0 aliphatic carbocycles. The first kappa shape index (κ1) is 15.9. The van der Waals surface area contributed by atoms with Crippen LogP contribution in [0.2, 0.25) is 0 Å². The molecule has 1 unspecified atom stereocenters. The van der Waals surface area contributed by atoms with Crippen LogP contribution in [0.4, 0.5) is 5.69 Å². The predicted octanol–water partition coefficient (Wildman–Crippen LogP) is 3.90. The summed E-state index contributed by atoms with van der Waals surface area (Å²) in [4.78, 5) is 2.58. The van der Waals surface area contributed by atoms with E-state index in [2.05, 4.69) is 59.6 Å². The lowest BCUT2D eigenvalue weighted by Crippen LogP contribution is -2.35. The van der Waals surface area contributed by atoms with Gasteiger partial charge in [-0.2, -0.15) is 0 Å². The Morgan fingerprint density at radius 1 is 1.17 bits per heavy atom. The molecular weight excluding hydrogens is 284 g/mol. The molecule has 122 valence electrons. The molecule has 0 bridgehead atoms. The minimum Gasteiger partial charge on any atom is -0.497 e. The van der Waals surface area contributed by atoms with E-state index in [4.69, 9.17) is 4.74 Å². The van der Waals surface area contributed by atoms with Gasteiger partial charge in [0, 0.05) is 31.9 Å². The zero-order valence-corrected chi connectivity index (χ0v) is 14.3. The van der Waals surface area contributed by atoms with Crippen LogP contribution in [0.3, 0.4) is 0 Å². The molecule has 0 radical (unpaired) electrons. The zero-order chi connectivity index (χ0) is 16.2. The van der Waals surface area contributed by atoms with Gasteiger partial charge >= 0.3 is 0 Å². The number of nitrogens with one attached hydrogen (secondary N) is 1. The number of hydrogen-bond donors (Lipinski definition) is 1. The highest BCUT2D eigenvalue weighted by Crippen LogP contribution is 2.31. The predicted molar refractivity (Wildman–Crippen MR) is 96.4 cm³/mol. The average Bonchev–Trinajstić information content (AvgIpc) is 2.61. The highest BCUT2D eigenvalue weighted by Gasteiger charge is 2.23. The zero-order valence-electron chi connectivity index (χ0n) is 14.3. The van der Waals surface area contributed by atoms with Gasteiger partial charge in [-0.25, -0.2) is 0 Å². The standard InChI is InChI=1S/C20H26N2O/c1-15-20-9-8-19(23-3)14-17(20)11-13-22(15)12-10-16-4-6-18(21-2)7-5-16/h4-9,14-15,21H,10-13H2,1-3H3. The monoisotopic (exact) mass is 310 g/mol. The molecule has 1 atom stereocenters. The van der Waals surface area contributed by atoms with Crippen molar-refractivity contribution in [2.24, 2.45) is 0 Å². The van der Waals surface area contributed by atoms with Gasteiger partial charge < -0.3 is 10.1 Å². The van der Waals surface area contributed by atoms with Crippen LogP contribution in [0.15, 0.2) is 42.5 Å². The van der Waals surface area contributed by atoms with E-state index < -0.39 is 0 Å². The molecule has 0 saturated heterocycles. The fraction of sp³-hybridized carbons (Fsp3) is 0.400. The molecular formula is C20H26N2O. The maximum atomic E-state index is 5.35. The molecule has 1 aliphatic heterocycles. The second-order valence-electron chi connectivity index (χ2n) is 6.22. The molecule has 1 aliphatic rings. The van der Waals surface area contributed by atoms with Crippen molar-refractivity contribution in [2.75, 3.05) is 32.6 Å². The summed E-state index contributed by atoms with van der Waals surface area (Å²) in [5.74, 6) is 0.967. The largest absolute Gasteiger partial charge is 0.497 e.